The van der Waals surface area contributed by atoms with Gasteiger partial charge in [-0.25, -0.2) is 28.3 Å². The molecule has 0 spiro atoms. The van der Waals surface area contributed by atoms with Crippen molar-refractivity contribution in [3.63, 3.8) is 0 Å². The maximum Gasteiger partial charge on any atom is 0.410 e. The van der Waals surface area contributed by atoms with Gasteiger partial charge in [-0.05, 0) is 83.3 Å². The molecule has 7 rings (SSSR count). The number of carbonyl (C=O) groups excluding carboxylic acids is 4. The van der Waals surface area contributed by atoms with E-state index in [1.807, 2.05) is 40.0 Å². The maximum atomic E-state index is 14.7. The lowest BCUT2D eigenvalue weighted by Crippen LogP contribution is -2.57. The molecule has 2 saturated heterocycles. The molecule has 4 heterocycles. The summed E-state index contributed by atoms with van der Waals surface area (Å²) in [4.78, 5) is 65.2. The van der Waals surface area contributed by atoms with E-state index in [2.05, 4.69) is 10.6 Å². The van der Waals surface area contributed by atoms with E-state index in [9.17, 15) is 28.0 Å². The third-order valence-electron chi connectivity index (χ3n) is 11.5. The van der Waals surface area contributed by atoms with Crippen LogP contribution in [0.2, 0.25) is 5.02 Å². The number of hydrogen-bond acceptors (Lipinski definition) is 12. The number of alkyl carbamates (subject to hydrolysis) is 1. The molecule has 4 fully saturated rings. The predicted octanol–water partition coefficient (Wildman–Crippen LogP) is 7.63. The average molecular weight is 904 g/mol. The number of hydrogen-bond donors (Lipinski definition) is 3. The van der Waals surface area contributed by atoms with E-state index in [0.29, 0.717) is 39.5 Å². The molecule has 0 bridgehead atoms. The smallest absolute Gasteiger partial charge is 0.410 e. The van der Waals surface area contributed by atoms with Gasteiger partial charge in [0.15, 0.2) is 5.13 Å². The molecule has 338 valence electrons. The maximum absolute atomic E-state index is 14.7. The Morgan fingerprint density at radius 1 is 0.984 bits per heavy atom. The Morgan fingerprint density at radius 2 is 1.69 bits per heavy atom. The number of primary amides is 1. The quantitative estimate of drug-likeness (QED) is 0.162. The molecule has 2 aromatic heterocycles. The molecule has 15 nitrogen and oxygen atoms in total. The first-order valence-electron chi connectivity index (χ1n) is 21.0. The van der Waals surface area contributed by atoms with Crippen molar-refractivity contribution in [3.8, 4) is 22.9 Å². The molecule has 7 atom stereocenters. The molecule has 0 radical (unpaired) electrons. The second kappa shape index (κ2) is 17.1. The molecule has 2 saturated carbocycles. The monoisotopic (exact) mass is 903 g/mol. The third kappa shape index (κ3) is 10.4. The van der Waals surface area contributed by atoms with Crippen molar-refractivity contribution >= 4 is 63.0 Å². The van der Waals surface area contributed by atoms with Gasteiger partial charge in [0.1, 0.15) is 58.7 Å². The van der Waals surface area contributed by atoms with Gasteiger partial charge in [0.2, 0.25) is 11.8 Å². The summed E-state index contributed by atoms with van der Waals surface area (Å²) in [6.07, 6.45) is -0.239. The summed E-state index contributed by atoms with van der Waals surface area (Å²) in [6, 6.07) is 1.93. The predicted molar refractivity (Wildman–Crippen MR) is 230 cm³/mol. The number of fused-ring (bicyclic) bond motifs is 2. The molecule has 4 N–H and O–H groups in total. The highest BCUT2D eigenvalue weighted by molar-refractivity contribution is 7.14. The average Bonchev–Trinajstić information content (AvgIpc) is 3.57. The van der Waals surface area contributed by atoms with Gasteiger partial charge in [-0.1, -0.05) is 32.4 Å². The summed E-state index contributed by atoms with van der Waals surface area (Å²) in [5.74, 6) is -2.73. The molecule has 1 aromatic carbocycles. The standard InChI is InChI=1S/C43H56ClF2N7O8S/c1-21(2)48-38-50-29(19-62-38)28-15-32(27-9-10-31(33(44)34(27)49-28)58-18-24-16-43(45,46)20-53(24)40(57)61-42(6,7)8)59-26-14-30(36(47)54)52(17-26)37(55)35(41(3,4)5)51-39(56)60-25-12-22-11-23(22)13-25/h9-10,15,19,21-26,30,35H,11-14,16-18,20H2,1-8H3,(H2,47,54)(H,48,50)(H,51,56)/t22-,23+,24-,25?,26+,30-,35+/m0/s1. The molecule has 62 heavy (non-hydrogen) atoms. The Kier molecular flexibility index (Phi) is 12.5. The number of likely N-dealkylation sites (tertiary alicyclic amines) is 2. The number of ether oxygens (including phenoxy) is 4. The van der Waals surface area contributed by atoms with Crippen molar-refractivity contribution in [1.29, 1.82) is 0 Å². The number of carbonyl (C=O) groups is 4. The highest BCUT2D eigenvalue weighted by atomic mass is 35.5. The number of anilines is 1. The van der Waals surface area contributed by atoms with E-state index < -0.39 is 78.1 Å². The molecule has 4 aliphatic rings. The fraction of sp³-hybridized carbons (Fsp3) is 0.628. The van der Waals surface area contributed by atoms with Crippen molar-refractivity contribution in [3.05, 3.63) is 28.6 Å². The number of pyridine rings is 1. The normalized spacial score (nSPS) is 24.8. The Bertz CT molecular complexity index is 2200. The van der Waals surface area contributed by atoms with Crippen molar-refractivity contribution < 1.29 is 46.9 Å². The zero-order valence-electron chi connectivity index (χ0n) is 36.3. The minimum Gasteiger partial charge on any atom is -0.490 e. The highest BCUT2D eigenvalue weighted by Gasteiger charge is 2.50. The lowest BCUT2D eigenvalue weighted by atomic mass is 9.85. The summed E-state index contributed by atoms with van der Waals surface area (Å²) in [5.41, 5.74) is 5.39. The molecular formula is C43H56ClF2N7O8S. The number of nitrogens with zero attached hydrogens (tertiary/aromatic N) is 4. The largest absolute Gasteiger partial charge is 0.490 e. The van der Waals surface area contributed by atoms with Gasteiger partial charge in [0.25, 0.3) is 5.92 Å². The topological polar surface area (TPSA) is 188 Å². The summed E-state index contributed by atoms with van der Waals surface area (Å²) in [7, 11) is 0. The second-order valence-corrected chi connectivity index (χ2v) is 20.6. The minimum atomic E-state index is -3.14. The van der Waals surface area contributed by atoms with E-state index in [1.54, 1.807) is 39.0 Å². The van der Waals surface area contributed by atoms with Gasteiger partial charge in [0.05, 0.1) is 30.3 Å². The summed E-state index contributed by atoms with van der Waals surface area (Å²) in [6.45, 7) is 13.2. The number of rotatable bonds is 12. The van der Waals surface area contributed by atoms with Gasteiger partial charge in [-0.15, -0.1) is 11.3 Å². The molecule has 2 aliphatic carbocycles. The van der Waals surface area contributed by atoms with Crippen molar-refractivity contribution in [2.45, 2.75) is 135 Å². The Morgan fingerprint density at radius 3 is 2.34 bits per heavy atom. The number of nitrogens with one attached hydrogen (secondary N) is 2. The van der Waals surface area contributed by atoms with Crippen LogP contribution >= 0.6 is 22.9 Å². The first-order chi connectivity index (χ1) is 28.9. The molecule has 2 aliphatic heterocycles. The van der Waals surface area contributed by atoms with Crippen molar-refractivity contribution in [2.24, 2.45) is 23.0 Å². The zero-order valence-corrected chi connectivity index (χ0v) is 37.8. The van der Waals surface area contributed by atoms with Gasteiger partial charge >= 0.3 is 12.2 Å². The molecule has 1 unspecified atom stereocenters. The summed E-state index contributed by atoms with van der Waals surface area (Å²) < 4.78 is 53.1. The number of aromatic nitrogens is 2. The lowest BCUT2D eigenvalue weighted by molar-refractivity contribution is -0.141. The number of nitrogens with two attached hydrogens (primary N) is 1. The van der Waals surface area contributed by atoms with E-state index >= 15 is 0 Å². The fourth-order valence-electron chi connectivity index (χ4n) is 8.47. The van der Waals surface area contributed by atoms with Gasteiger partial charge in [-0.2, -0.15) is 0 Å². The SMILES string of the molecule is CC(C)Nc1nc(-c2cc(O[C@@H]3C[C@@H](C(N)=O)N(C(=O)[C@@H](NC(=O)OC4C[C@@H]5C[C@@H]5C4)C(C)(C)C)C3)c3ccc(OC[C@@H]4CC(F)(F)CN4C(=O)OC(C)(C)C)c(Cl)c3n2)cs1. The van der Waals surface area contributed by atoms with Crippen LogP contribution < -0.4 is 25.8 Å². The van der Waals surface area contributed by atoms with Crippen LogP contribution in [0.5, 0.6) is 11.5 Å². The fourth-order valence-corrected chi connectivity index (χ4v) is 9.58. The molecule has 19 heteroatoms. The minimum absolute atomic E-state index is 0.0326. The van der Waals surface area contributed by atoms with Crippen LogP contribution in [0, 0.1) is 17.3 Å². The van der Waals surface area contributed by atoms with Crippen LogP contribution in [0.1, 0.15) is 87.5 Å². The number of thiazole rings is 1. The Hall–Kier alpha value is -4.71. The van der Waals surface area contributed by atoms with Crippen molar-refractivity contribution in [1.82, 2.24) is 25.1 Å². The van der Waals surface area contributed by atoms with Gasteiger partial charge < -0.3 is 40.2 Å². The second-order valence-electron chi connectivity index (χ2n) is 19.3. The first-order valence-corrected chi connectivity index (χ1v) is 22.3. The third-order valence-corrected chi connectivity index (χ3v) is 12.6. The van der Waals surface area contributed by atoms with Crippen LogP contribution in [0.4, 0.5) is 23.5 Å². The molecular weight excluding hydrogens is 848 g/mol. The highest BCUT2D eigenvalue weighted by Crippen LogP contribution is 2.52. The van der Waals surface area contributed by atoms with Crippen molar-refractivity contribution in [2.75, 3.05) is 25.0 Å². The van der Waals surface area contributed by atoms with Crippen LogP contribution in [0.25, 0.3) is 22.3 Å². The van der Waals surface area contributed by atoms with E-state index in [-0.39, 0.29) is 48.0 Å². The van der Waals surface area contributed by atoms with Crippen LogP contribution in [-0.2, 0) is 19.1 Å². The molecule has 3 aromatic rings. The van der Waals surface area contributed by atoms with Crippen LogP contribution in [-0.4, -0.2) is 111 Å². The van der Waals surface area contributed by atoms with Gasteiger partial charge in [-0.3, -0.25) is 14.5 Å². The van der Waals surface area contributed by atoms with Gasteiger partial charge in [0, 0.05) is 35.7 Å². The Balaban J connectivity index is 1.15. The van der Waals surface area contributed by atoms with E-state index in [0.717, 1.165) is 17.7 Å². The van der Waals surface area contributed by atoms with Crippen LogP contribution in [0.3, 0.4) is 0 Å². The zero-order chi connectivity index (χ0) is 45.1. The Labute approximate surface area is 368 Å². The number of halogens is 3. The van der Waals surface area contributed by atoms with E-state index in [1.165, 1.54) is 22.7 Å². The summed E-state index contributed by atoms with van der Waals surface area (Å²) in [5, 5.41) is 9.05. The summed E-state index contributed by atoms with van der Waals surface area (Å²) >= 11 is 8.40. The first kappa shape index (κ1) is 45.3. The number of amides is 4. The number of benzene rings is 1. The number of alkyl halides is 2. The molecule has 4 amide bonds. The van der Waals surface area contributed by atoms with E-state index in [4.69, 9.17) is 46.3 Å². The lowest BCUT2D eigenvalue weighted by Gasteiger charge is -2.35. The van der Waals surface area contributed by atoms with Crippen LogP contribution in [0.15, 0.2) is 23.6 Å².